The quantitative estimate of drug-likeness (QED) is 0.0204. The number of aliphatic hydroxyl groups is 10. The fourth-order valence-electron chi connectivity index (χ4n) is 9.11. The van der Waals surface area contributed by atoms with Crippen molar-refractivity contribution in [2.24, 2.45) is 5.92 Å². The van der Waals surface area contributed by atoms with Crippen LogP contribution in [-0.4, -0.2) is 268 Å². The zero-order chi connectivity index (χ0) is 64.6. The second kappa shape index (κ2) is 41.6. The van der Waals surface area contributed by atoms with E-state index in [1.54, 1.807) is 6.92 Å². The molecule has 32 heteroatoms. The highest BCUT2D eigenvalue weighted by Gasteiger charge is 2.52. The predicted molar refractivity (Wildman–Crippen MR) is 299 cm³/mol. The van der Waals surface area contributed by atoms with E-state index in [2.05, 4.69) is 47.0 Å². The number of aliphatic hydroxyl groups excluding tert-OH is 10. The molecule has 17 atom stereocenters. The molecule has 0 aromatic heterocycles. The Labute approximate surface area is 505 Å². The van der Waals surface area contributed by atoms with Gasteiger partial charge in [0.15, 0.2) is 25.2 Å². The molecular formula is C55H96N6O26. The number of unbranched alkanes of at least 4 members (excludes halogenated alkanes) is 4. The van der Waals surface area contributed by atoms with Crippen LogP contribution in [0.3, 0.4) is 0 Å². The maximum atomic E-state index is 13.3. The minimum Gasteiger partial charge on any atom is -0.394 e. The number of allylic oxidation sites excluding steroid dienone is 1. The van der Waals surface area contributed by atoms with E-state index >= 15 is 0 Å². The first-order valence-electron chi connectivity index (χ1n) is 29.8. The molecule has 4 fully saturated rings. The molecule has 4 heterocycles. The Morgan fingerprint density at radius 1 is 0.563 bits per heavy atom. The number of hydroxylamine groups is 2. The van der Waals surface area contributed by atoms with Crippen LogP contribution in [0.4, 0.5) is 0 Å². The van der Waals surface area contributed by atoms with Gasteiger partial charge >= 0.3 is 5.97 Å². The van der Waals surface area contributed by atoms with E-state index < -0.39 is 160 Å². The van der Waals surface area contributed by atoms with Crippen LogP contribution < -0.4 is 26.6 Å². The van der Waals surface area contributed by atoms with Crippen LogP contribution in [0.5, 0.6) is 0 Å². The predicted octanol–water partition coefficient (Wildman–Crippen LogP) is -4.65. The van der Waals surface area contributed by atoms with Gasteiger partial charge in [0.2, 0.25) is 29.5 Å². The number of ether oxygens (including phenoxy) is 8. The molecule has 15 N–H and O–H groups in total. The van der Waals surface area contributed by atoms with Crippen molar-refractivity contribution in [3.63, 3.8) is 0 Å². The summed E-state index contributed by atoms with van der Waals surface area (Å²) in [5.41, 5.74) is 0.330. The third-order valence-electron chi connectivity index (χ3n) is 13.9. The third kappa shape index (κ3) is 26.7. The molecule has 4 aliphatic rings. The summed E-state index contributed by atoms with van der Waals surface area (Å²) >= 11 is 0. The fourth-order valence-corrected chi connectivity index (χ4v) is 9.11. The largest absolute Gasteiger partial charge is 0.394 e. The van der Waals surface area contributed by atoms with E-state index in [0.717, 1.165) is 5.06 Å². The number of hydrogen-bond donors (Lipinski definition) is 15. The van der Waals surface area contributed by atoms with Gasteiger partial charge in [-0.1, -0.05) is 39.7 Å². The van der Waals surface area contributed by atoms with Gasteiger partial charge in [-0.25, -0.2) is 4.79 Å². The summed E-state index contributed by atoms with van der Waals surface area (Å²) in [4.78, 5) is 93.7. The maximum Gasteiger partial charge on any atom is 0.334 e. The Morgan fingerprint density at radius 3 is 1.62 bits per heavy atom. The molecule has 87 heavy (non-hydrogen) atoms. The van der Waals surface area contributed by atoms with Crippen LogP contribution in [0.25, 0.3) is 0 Å². The first kappa shape index (κ1) is 76.6. The molecule has 4 saturated heterocycles. The Bertz CT molecular complexity index is 2070. The van der Waals surface area contributed by atoms with Gasteiger partial charge in [0.25, 0.3) is 5.91 Å². The SMILES string of the molecule is C=C1CCC(=O)N1OC(=O)CCNC(=O)CC(CC(=O)NCCCCCC(=O)NCCO[C@H]1OC(CO[C@H]2OC(CO)[C@@H](O)C(O)C2O)[C@@H](O)C(O[C@H]2OC(CO)[C@@H](O)C(O)C2O)C1O)C(=O)NCCCCCC(=O)NCCOC(C)OCC.CCC. The lowest BCUT2D eigenvalue weighted by atomic mass is 9.96. The second-order valence-electron chi connectivity index (χ2n) is 21.2. The zero-order valence-corrected chi connectivity index (χ0v) is 50.2. The van der Waals surface area contributed by atoms with Crippen molar-refractivity contribution in [2.75, 3.05) is 72.4 Å². The second-order valence-corrected chi connectivity index (χ2v) is 21.2. The molecule has 0 aliphatic carbocycles. The Balaban J connectivity index is 0.00000646. The number of rotatable bonds is 38. The number of nitrogens with zero attached hydrogens (tertiary/aromatic N) is 1. The van der Waals surface area contributed by atoms with E-state index in [-0.39, 0.29) is 77.1 Å². The molecule has 0 saturated carbocycles. The van der Waals surface area contributed by atoms with Crippen molar-refractivity contribution in [1.29, 1.82) is 0 Å². The van der Waals surface area contributed by atoms with Gasteiger partial charge in [0.1, 0.15) is 73.2 Å². The number of carbonyl (C=O) groups is 7. The fraction of sp³-hybridized carbons (Fsp3) is 0.836. The van der Waals surface area contributed by atoms with E-state index in [0.29, 0.717) is 70.4 Å². The molecule has 32 nitrogen and oxygen atoms in total. The molecule has 11 unspecified atom stereocenters. The molecule has 0 aromatic rings. The molecule has 0 bridgehead atoms. The molecule has 502 valence electrons. The number of carbonyl (C=O) groups excluding carboxylic acids is 7. The lowest BCUT2D eigenvalue weighted by molar-refractivity contribution is -0.366. The van der Waals surface area contributed by atoms with E-state index in [1.807, 2.05) is 6.92 Å². The minimum absolute atomic E-state index is 0.0488. The smallest absolute Gasteiger partial charge is 0.334 e. The summed E-state index contributed by atoms with van der Waals surface area (Å²) in [6.07, 6.45) is -22.3. The van der Waals surface area contributed by atoms with Crippen LogP contribution in [-0.2, 0) is 76.3 Å². The highest BCUT2D eigenvalue weighted by molar-refractivity contribution is 5.90. The van der Waals surface area contributed by atoms with Gasteiger partial charge in [0, 0.05) is 71.4 Å². The van der Waals surface area contributed by atoms with Crippen molar-refractivity contribution in [3.05, 3.63) is 12.3 Å². The summed E-state index contributed by atoms with van der Waals surface area (Å²) in [5.74, 6) is -4.56. The van der Waals surface area contributed by atoms with Gasteiger partial charge < -0.3 is 120 Å². The highest BCUT2D eigenvalue weighted by Crippen LogP contribution is 2.31. The number of nitrogens with one attached hydrogen (secondary N) is 5. The number of hydrogen-bond acceptors (Lipinski definition) is 26. The molecular weight excluding hydrogens is 1160 g/mol. The lowest BCUT2D eigenvalue weighted by Crippen LogP contribution is -2.65. The van der Waals surface area contributed by atoms with E-state index in [9.17, 15) is 84.6 Å². The maximum absolute atomic E-state index is 13.3. The minimum atomic E-state index is -1.95. The van der Waals surface area contributed by atoms with Gasteiger partial charge in [-0.2, -0.15) is 0 Å². The molecule has 4 rings (SSSR count). The average Bonchev–Trinajstić information content (AvgIpc) is 2.38. The molecule has 4 aliphatic heterocycles. The van der Waals surface area contributed by atoms with Crippen LogP contribution in [0.2, 0.25) is 0 Å². The topological polar surface area (TPSA) is 468 Å². The van der Waals surface area contributed by atoms with Crippen molar-refractivity contribution in [2.45, 2.75) is 216 Å². The summed E-state index contributed by atoms with van der Waals surface area (Å²) in [6.45, 7) is 10.2. The normalized spacial score (nSPS) is 28.8. The van der Waals surface area contributed by atoms with Crippen LogP contribution in [0.1, 0.15) is 118 Å². The van der Waals surface area contributed by atoms with Crippen LogP contribution >= 0.6 is 0 Å². The number of amides is 6. The van der Waals surface area contributed by atoms with Gasteiger partial charge in [-0.05, 0) is 46.0 Å². The summed E-state index contributed by atoms with van der Waals surface area (Å²) < 4.78 is 44.2. The Morgan fingerprint density at radius 2 is 1.07 bits per heavy atom. The monoisotopic (exact) mass is 1260 g/mol. The Hall–Kier alpha value is -4.69. The Kier molecular flexibility index (Phi) is 36.6. The standard InChI is InChI=1S/C52H88N6O26.C3H8/c1-4-76-29(3)77-21-19-55-34(61)12-8-6-10-17-57-49(75)30(24-37(64)54-18-15-39(66)84-58-28(2)13-14-38(58)65)23-36(63)53-16-9-5-7-11-35(62)56-20-22-78-51-47(74)48(83-52-46(73)44(71)41(68)32(26-60)81-52)42(69)33(82-51)27-79-50-45(72)43(70)40(67)31(25-59)80-50;1-3-2/h29-33,40-48,50-52,59-60,67-74H,2,4-27H2,1,3H3,(H,53,63)(H,54,64)(H,55,61)(H,56,62)(H,57,75);3H2,1-2H3/t29?,30?,31?,32?,33?,40-,41-,42-,43?,44?,45?,46?,47?,48?,50+,51+,52-;/m1./s1. The molecule has 0 radical (unpaired) electrons. The average molecular weight is 1260 g/mol. The molecule has 6 amide bonds. The van der Waals surface area contributed by atoms with Crippen LogP contribution in [0.15, 0.2) is 12.3 Å². The molecule has 0 aromatic carbocycles. The van der Waals surface area contributed by atoms with Crippen LogP contribution in [0, 0.1) is 5.92 Å². The first-order chi connectivity index (χ1) is 41.5. The zero-order valence-electron chi connectivity index (χ0n) is 50.2. The third-order valence-corrected chi connectivity index (χ3v) is 13.9. The van der Waals surface area contributed by atoms with Crippen molar-refractivity contribution >= 4 is 41.4 Å². The molecule has 0 spiro atoms. The van der Waals surface area contributed by atoms with Gasteiger partial charge in [-0.3, -0.25) is 28.8 Å². The summed E-state index contributed by atoms with van der Waals surface area (Å²) in [5, 5.41) is 118. The van der Waals surface area contributed by atoms with Crippen molar-refractivity contribution in [1.82, 2.24) is 31.6 Å². The van der Waals surface area contributed by atoms with Gasteiger partial charge in [-0.15, -0.1) is 5.06 Å². The van der Waals surface area contributed by atoms with E-state index in [1.165, 1.54) is 6.42 Å². The van der Waals surface area contributed by atoms with E-state index in [4.69, 9.17) is 42.7 Å². The van der Waals surface area contributed by atoms with Crippen molar-refractivity contribution in [3.8, 4) is 0 Å². The summed E-state index contributed by atoms with van der Waals surface area (Å²) in [6, 6.07) is 0. The first-order valence-corrected chi connectivity index (χ1v) is 29.8. The van der Waals surface area contributed by atoms with Crippen molar-refractivity contribution < 1.29 is 127 Å². The highest BCUT2D eigenvalue weighted by atomic mass is 16.8. The lowest BCUT2D eigenvalue weighted by Gasteiger charge is -2.46. The van der Waals surface area contributed by atoms with Gasteiger partial charge in [0.05, 0.1) is 51.1 Å². The summed E-state index contributed by atoms with van der Waals surface area (Å²) in [7, 11) is 0.